The maximum absolute atomic E-state index is 6.06. The van der Waals surface area contributed by atoms with Gasteiger partial charge in [-0.2, -0.15) is 9.61 Å². The minimum atomic E-state index is 0.154. The largest absolute Gasteiger partial charge is 0.493 e. The van der Waals surface area contributed by atoms with Crippen LogP contribution < -0.4 is 14.2 Å². The van der Waals surface area contributed by atoms with E-state index in [4.69, 9.17) is 14.2 Å². The van der Waals surface area contributed by atoms with Crippen LogP contribution in [0.25, 0.3) is 27.9 Å². The van der Waals surface area contributed by atoms with Crippen LogP contribution in [0.15, 0.2) is 60.9 Å². The topological polar surface area (TPSA) is 96.6 Å². The first-order valence-electron chi connectivity index (χ1n) is 9.53. The third-order valence-electron chi connectivity index (χ3n) is 4.83. The van der Waals surface area contributed by atoms with Crippen LogP contribution in [0.2, 0.25) is 0 Å². The normalized spacial score (nSPS) is 11.0. The van der Waals surface area contributed by atoms with Crippen molar-refractivity contribution in [1.29, 1.82) is 0 Å². The number of nitrogens with zero attached hydrogens (tertiary/aromatic N) is 6. The molecule has 0 saturated carbocycles. The molecule has 0 spiro atoms. The molecule has 2 aromatic carbocycles. The van der Waals surface area contributed by atoms with Crippen LogP contribution in [-0.4, -0.2) is 44.0 Å². The Bertz CT molecular complexity index is 1370. The van der Waals surface area contributed by atoms with Crippen LogP contribution in [0.1, 0.15) is 5.82 Å². The Hall–Kier alpha value is -4.27. The van der Waals surface area contributed by atoms with Gasteiger partial charge in [-0.15, -0.1) is 10.2 Å². The third-order valence-corrected chi connectivity index (χ3v) is 4.83. The van der Waals surface area contributed by atoms with Crippen LogP contribution in [-0.2, 0) is 6.61 Å². The van der Waals surface area contributed by atoms with E-state index in [1.807, 2.05) is 42.5 Å². The fourth-order valence-corrected chi connectivity index (χ4v) is 3.28. The molecule has 0 unspecified atom stereocenters. The number of ether oxygens (including phenoxy) is 3. The zero-order valence-electron chi connectivity index (χ0n) is 16.9. The molecule has 0 aliphatic heterocycles. The summed E-state index contributed by atoms with van der Waals surface area (Å²) < 4.78 is 18.4. The Morgan fingerprint density at radius 3 is 2.48 bits per heavy atom. The van der Waals surface area contributed by atoms with Crippen LogP contribution in [0.5, 0.6) is 17.2 Å². The standard InChI is InChI=1S/C22H18N6O3/c1-29-19-10-15-16(11-20(19)30-2)23-9-8-18(15)31-13-21-25-26-22-24-12-17(27-28(21)22)14-6-4-3-5-7-14/h3-12H,13H2,1-2H3. The number of methoxy groups -OCH3 is 2. The maximum atomic E-state index is 6.06. The van der Waals surface area contributed by atoms with Gasteiger partial charge < -0.3 is 14.2 Å². The summed E-state index contributed by atoms with van der Waals surface area (Å²) in [6, 6.07) is 15.2. The molecule has 5 aromatic rings. The Labute approximate surface area is 177 Å². The highest BCUT2D eigenvalue weighted by Crippen LogP contribution is 2.35. The lowest BCUT2D eigenvalue weighted by atomic mass is 10.2. The van der Waals surface area contributed by atoms with Crippen LogP contribution in [0.4, 0.5) is 0 Å². The summed E-state index contributed by atoms with van der Waals surface area (Å²) in [6.07, 6.45) is 3.36. The average molecular weight is 414 g/mol. The summed E-state index contributed by atoms with van der Waals surface area (Å²) in [6.45, 7) is 0.154. The zero-order chi connectivity index (χ0) is 21.2. The van der Waals surface area contributed by atoms with Gasteiger partial charge in [0.05, 0.1) is 25.9 Å². The monoisotopic (exact) mass is 414 g/mol. The SMILES string of the molecule is COc1cc2nccc(OCc3nnc4ncc(-c5ccccc5)nn34)c2cc1OC. The van der Waals surface area contributed by atoms with Gasteiger partial charge in [0.15, 0.2) is 17.3 Å². The average Bonchev–Trinajstić information content (AvgIpc) is 3.24. The first-order valence-corrected chi connectivity index (χ1v) is 9.53. The lowest BCUT2D eigenvalue weighted by Gasteiger charge is -2.12. The van der Waals surface area contributed by atoms with E-state index in [-0.39, 0.29) is 6.61 Å². The predicted molar refractivity (Wildman–Crippen MR) is 113 cm³/mol. The molecule has 3 heterocycles. The smallest absolute Gasteiger partial charge is 0.272 e. The molecule has 31 heavy (non-hydrogen) atoms. The summed E-state index contributed by atoms with van der Waals surface area (Å²) in [5.41, 5.74) is 2.41. The molecular formula is C22H18N6O3. The second-order valence-electron chi connectivity index (χ2n) is 6.66. The van der Waals surface area contributed by atoms with E-state index in [9.17, 15) is 0 Å². The molecule has 0 N–H and O–H groups in total. The number of hydrogen-bond acceptors (Lipinski definition) is 8. The molecule has 0 saturated heterocycles. The number of benzene rings is 2. The highest BCUT2D eigenvalue weighted by Gasteiger charge is 2.14. The molecule has 0 amide bonds. The van der Waals surface area contributed by atoms with E-state index < -0.39 is 0 Å². The van der Waals surface area contributed by atoms with Crippen LogP contribution in [0.3, 0.4) is 0 Å². The quantitative estimate of drug-likeness (QED) is 0.417. The van der Waals surface area contributed by atoms with Crippen molar-refractivity contribution in [1.82, 2.24) is 29.8 Å². The van der Waals surface area contributed by atoms with Gasteiger partial charge in [-0.1, -0.05) is 30.3 Å². The highest BCUT2D eigenvalue weighted by molar-refractivity contribution is 5.88. The van der Waals surface area contributed by atoms with E-state index >= 15 is 0 Å². The highest BCUT2D eigenvalue weighted by atomic mass is 16.5. The molecule has 154 valence electrons. The summed E-state index contributed by atoms with van der Waals surface area (Å²) in [4.78, 5) is 8.75. The van der Waals surface area contributed by atoms with Gasteiger partial charge in [-0.3, -0.25) is 4.98 Å². The van der Waals surface area contributed by atoms with Crippen molar-refractivity contribution < 1.29 is 14.2 Å². The molecule has 0 aliphatic carbocycles. The summed E-state index contributed by atoms with van der Waals surface area (Å²) in [5, 5.41) is 13.7. The van der Waals surface area contributed by atoms with Crippen molar-refractivity contribution in [3.63, 3.8) is 0 Å². The van der Waals surface area contributed by atoms with Gasteiger partial charge in [-0.05, 0) is 12.1 Å². The fraction of sp³-hybridized carbons (Fsp3) is 0.136. The molecule has 3 aromatic heterocycles. The fourth-order valence-electron chi connectivity index (χ4n) is 3.28. The Morgan fingerprint density at radius 1 is 0.871 bits per heavy atom. The van der Waals surface area contributed by atoms with E-state index in [0.29, 0.717) is 28.9 Å². The van der Waals surface area contributed by atoms with Crippen LogP contribution in [0, 0.1) is 0 Å². The van der Waals surface area contributed by atoms with E-state index in [2.05, 4.69) is 25.3 Å². The Morgan fingerprint density at radius 2 is 1.68 bits per heavy atom. The molecule has 0 bridgehead atoms. The molecule has 9 nitrogen and oxygen atoms in total. The molecule has 0 aliphatic rings. The lowest BCUT2D eigenvalue weighted by molar-refractivity contribution is 0.295. The summed E-state index contributed by atoms with van der Waals surface area (Å²) in [5.74, 6) is 2.77. The van der Waals surface area contributed by atoms with E-state index in [1.165, 1.54) is 0 Å². The van der Waals surface area contributed by atoms with E-state index in [0.717, 1.165) is 22.2 Å². The van der Waals surface area contributed by atoms with Crippen molar-refractivity contribution in [3.05, 3.63) is 66.7 Å². The van der Waals surface area contributed by atoms with Crippen molar-refractivity contribution in [2.24, 2.45) is 0 Å². The lowest BCUT2D eigenvalue weighted by Crippen LogP contribution is -2.06. The van der Waals surface area contributed by atoms with E-state index in [1.54, 1.807) is 37.2 Å². The van der Waals surface area contributed by atoms with Gasteiger partial charge in [-0.25, -0.2) is 4.98 Å². The Kier molecular flexibility index (Phi) is 4.75. The zero-order valence-corrected chi connectivity index (χ0v) is 16.9. The first-order chi connectivity index (χ1) is 15.3. The minimum Gasteiger partial charge on any atom is -0.493 e. The minimum absolute atomic E-state index is 0.154. The molecular weight excluding hydrogens is 396 g/mol. The predicted octanol–water partition coefficient (Wildman–Crippen LogP) is 3.33. The van der Waals surface area contributed by atoms with Gasteiger partial charge >= 0.3 is 0 Å². The maximum Gasteiger partial charge on any atom is 0.272 e. The first kappa shape index (κ1) is 18.7. The van der Waals surface area contributed by atoms with Crippen molar-refractivity contribution in [2.45, 2.75) is 6.61 Å². The van der Waals surface area contributed by atoms with Crippen molar-refractivity contribution in [3.8, 4) is 28.5 Å². The van der Waals surface area contributed by atoms with Crippen molar-refractivity contribution >= 4 is 16.7 Å². The van der Waals surface area contributed by atoms with Gasteiger partial charge in [0.25, 0.3) is 5.78 Å². The summed E-state index contributed by atoms with van der Waals surface area (Å²) in [7, 11) is 3.18. The van der Waals surface area contributed by atoms with Gasteiger partial charge in [0.2, 0.25) is 0 Å². The molecule has 0 atom stereocenters. The van der Waals surface area contributed by atoms with Gasteiger partial charge in [0.1, 0.15) is 18.1 Å². The number of fused-ring (bicyclic) bond motifs is 2. The summed E-state index contributed by atoms with van der Waals surface area (Å²) >= 11 is 0. The molecule has 0 radical (unpaired) electrons. The second kappa shape index (κ2) is 7.86. The number of hydrogen-bond donors (Lipinski definition) is 0. The molecule has 5 rings (SSSR count). The number of aromatic nitrogens is 6. The van der Waals surface area contributed by atoms with Crippen LogP contribution >= 0.6 is 0 Å². The van der Waals surface area contributed by atoms with Crippen molar-refractivity contribution in [2.75, 3.05) is 14.2 Å². The molecule has 0 fully saturated rings. The number of pyridine rings is 1. The third kappa shape index (κ3) is 3.46. The Balaban J connectivity index is 1.48. The number of rotatable bonds is 6. The van der Waals surface area contributed by atoms with Gasteiger partial charge in [0, 0.05) is 23.2 Å². The second-order valence-corrected chi connectivity index (χ2v) is 6.66. The molecule has 9 heteroatoms.